The van der Waals surface area contributed by atoms with Crippen LogP contribution in [0.5, 0.6) is 0 Å². The van der Waals surface area contributed by atoms with E-state index < -0.39 is 24.3 Å². The number of benzene rings is 2. The van der Waals surface area contributed by atoms with Gasteiger partial charge in [0.05, 0.1) is 18.2 Å². The van der Waals surface area contributed by atoms with Crippen molar-refractivity contribution in [3.8, 4) is 0 Å². The molecule has 2 N–H and O–H groups in total. The number of aliphatic carboxylic acids is 1. The van der Waals surface area contributed by atoms with E-state index in [-0.39, 0.29) is 18.3 Å². The van der Waals surface area contributed by atoms with Crippen molar-refractivity contribution in [2.24, 2.45) is 5.92 Å². The minimum Gasteiger partial charge on any atom is -0.481 e. The Morgan fingerprint density at radius 1 is 1.12 bits per heavy atom. The van der Waals surface area contributed by atoms with E-state index in [1.807, 2.05) is 24.3 Å². The first-order valence-electron chi connectivity index (χ1n) is 10.8. The molecule has 1 fully saturated rings. The van der Waals surface area contributed by atoms with E-state index in [0.29, 0.717) is 12.0 Å². The Balaban J connectivity index is 1.76. The van der Waals surface area contributed by atoms with Crippen LogP contribution in [0.25, 0.3) is 5.57 Å². The van der Waals surface area contributed by atoms with Gasteiger partial charge in [0, 0.05) is 17.7 Å². The number of anilines is 1. The summed E-state index contributed by atoms with van der Waals surface area (Å²) in [5.74, 6) is -1.64. The molecule has 4 rings (SSSR count). The second-order valence-corrected chi connectivity index (χ2v) is 8.68. The number of carbonyl (C=O) groups is 2. The van der Waals surface area contributed by atoms with Crippen LogP contribution in [0.2, 0.25) is 0 Å². The number of aliphatic hydroxyl groups is 1. The summed E-state index contributed by atoms with van der Waals surface area (Å²) in [4.78, 5) is 24.9. The Morgan fingerprint density at radius 2 is 1.81 bits per heavy atom. The number of hydrogen-bond acceptors (Lipinski definition) is 4. The van der Waals surface area contributed by atoms with Gasteiger partial charge in [-0.2, -0.15) is 0 Å². The summed E-state index contributed by atoms with van der Waals surface area (Å²) >= 11 is 0. The first-order valence-corrected chi connectivity index (χ1v) is 10.8. The van der Waals surface area contributed by atoms with Gasteiger partial charge >= 0.3 is 5.97 Å². The molecule has 0 aromatic heterocycles. The maximum atomic E-state index is 13.6. The van der Waals surface area contributed by atoms with E-state index in [9.17, 15) is 19.1 Å². The van der Waals surface area contributed by atoms with E-state index in [1.54, 1.807) is 18.2 Å². The molecule has 2 aliphatic rings. The molecule has 2 heterocycles. The summed E-state index contributed by atoms with van der Waals surface area (Å²) < 4.78 is 13.6. The van der Waals surface area contributed by atoms with Crippen LogP contribution in [0, 0.1) is 11.7 Å². The zero-order valence-corrected chi connectivity index (χ0v) is 18.0. The van der Waals surface area contributed by atoms with Crippen molar-refractivity contribution in [1.82, 2.24) is 0 Å². The molecule has 2 aliphatic heterocycles. The second-order valence-electron chi connectivity index (χ2n) is 8.68. The molecule has 166 valence electrons. The van der Waals surface area contributed by atoms with Crippen LogP contribution in [-0.2, 0) is 9.59 Å². The molecule has 2 aromatic carbocycles. The molecule has 3 atom stereocenters. The van der Waals surface area contributed by atoms with Gasteiger partial charge in [0.25, 0.3) is 0 Å². The largest absolute Gasteiger partial charge is 0.481 e. The van der Waals surface area contributed by atoms with Gasteiger partial charge in [-0.05, 0) is 40.8 Å². The van der Waals surface area contributed by atoms with Crippen LogP contribution >= 0.6 is 0 Å². The van der Waals surface area contributed by atoms with Gasteiger partial charge in [-0.3, -0.25) is 9.59 Å². The predicted octanol–water partition coefficient (Wildman–Crippen LogP) is 4.21. The third-order valence-electron chi connectivity index (χ3n) is 6.01. The highest BCUT2D eigenvalue weighted by Gasteiger charge is 2.54. The number of Topliss-reactive ketones (excluding diaryl/α,β-unsaturated/α-hetero) is 1. The van der Waals surface area contributed by atoms with E-state index in [4.69, 9.17) is 5.11 Å². The first kappa shape index (κ1) is 22.0. The molecule has 0 amide bonds. The molecular weight excluding hydrogens is 409 g/mol. The van der Waals surface area contributed by atoms with Gasteiger partial charge < -0.3 is 15.1 Å². The molecule has 5 nitrogen and oxygen atoms in total. The Labute approximate surface area is 186 Å². The zero-order chi connectivity index (χ0) is 23.0. The van der Waals surface area contributed by atoms with Gasteiger partial charge in [0.1, 0.15) is 18.0 Å². The van der Waals surface area contributed by atoms with E-state index in [1.165, 1.54) is 12.1 Å². The fraction of sp³-hybridized carbons (Fsp3) is 0.308. The second kappa shape index (κ2) is 8.71. The lowest BCUT2D eigenvalue weighted by Crippen LogP contribution is -2.15. The molecule has 0 saturated carbocycles. The molecule has 0 aliphatic carbocycles. The summed E-state index contributed by atoms with van der Waals surface area (Å²) in [5, 5.41) is 19.1. The van der Waals surface area contributed by atoms with Crippen molar-refractivity contribution in [3.63, 3.8) is 0 Å². The predicted molar refractivity (Wildman–Crippen MR) is 121 cm³/mol. The van der Waals surface area contributed by atoms with E-state index in [2.05, 4.69) is 24.8 Å². The molecule has 32 heavy (non-hydrogen) atoms. The number of nitrogens with zero attached hydrogens (tertiary/aromatic N) is 1. The Morgan fingerprint density at radius 3 is 2.47 bits per heavy atom. The summed E-state index contributed by atoms with van der Waals surface area (Å²) in [7, 11) is 0. The van der Waals surface area contributed by atoms with E-state index in [0.717, 1.165) is 28.0 Å². The van der Waals surface area contributed by atoms with Crippen LogP contribution in [0.3, 0.4) is 0 Å². The summed E-state index contributed by atoms with van der Waals surface area (Å²) in [5.41, 5.74) is 5.02. The molecule has 1 saturated heterocycles. The number of hydrogen-bond donors (Lipinski definition) is 2. The molecule has 0 spiro atoms. The average Bonchev–Trinajstić information content (AvgIpc) is 3.48. The number of halogens is 1. The lowest BCUT2D eigenvalue weighted by atomic mass is 9.87. The average molecular weight is 435 g/mol. The van der Waals surface area contributed by atoms with Crippen molar-refractivity contribution >= 4 is 23.0 Å². The fourth-order valence-corrected chi connectivity index (χ4v) is 4.67. The molecule has 0 bridgehead atoms. The number of aliphatic hydroxyl groups excluding tert-OH is 1. The number of rotatable bonds is 8. The highest BCUT2D eigenvalue weighted by Crippen LogP contribution is 2.53. The Kier molecular flexibility index (Phi) is 5.98. The number of carboxylic acids is 1. The topological polar surface area (TPSA) is 77.6 Å². The maximum absolute atomic E-state index is 13.6. The van der Waals surface area contributed by atoms with Gasteiger partial charge in [-0.25, -0.2) is 4.39 Å². The molecule has 0 radical (unpaired) electrons. The third kappa shape index (κ3) is 4.23. The van der Waals surface area contributed by atoms with Gasteiger partial charge in [-0.1, -0.05) is 56.3 Å². The Bertz CT molecular complexity index is 1100. The lowest BCUT2D eigenvalue weighted by Gasteiger charge is -2.23. The Hall–Kier alpha value is -3.25. The van der Waals surface area contributed by atoms with E-state index >= 15 is 0 Å². The number of carboxylic acid groups (broad SMARTS) is 1. The van der Waals surface area contributed by atoms with Gasteiger partial charge in [0.2, 0.25) is 0 Å². The highest BCUT2D eigenvalue weighted by molar-refractivity contribution is 5.96. The molecular formula is C26H26FNO4. The minimum absolute atomic E-state index is 0.114. The van der Waals surface area contributed by atoms with Crippen molar-refractivity contribution in [1.29, 1.82) is 0 Å². The first-order chi connectivity index (χ1) is 15.3. The standard InChI is InChI=1S/C26H26FNO4/c1-15(2)25-26-21(12-11-18(29)13-19(30)14-23(31)32)24(16-7-9-17(27)10-8-16)20-5-3-4-6-22(20)28(25)26/h3-12,15,18,25-26,29H,13-14H2,1-2H3,(H,31,32)/b12-11+/t18-,25?,26?,28?/m1/s1. The van der Waals surface area contributed by atoms with Gasteiger partial charge in [-0.15, -0.1) is 0 Å². The SMILES string of the molecule is CC(C)C1C2C(/C=C/[C@@H](O)CC(=O)CC(=O)O)=C(c3ccc(F)cc3)c3ccccc3N21. The summed E-state index contributed by atoms with van der Waals surface area (Å²) in [6, 6.07) is 14.9. The highest BCUT2D eigenvalue weighted by atomic mass is 19.1. The molecule has 2 aromatic rings. The van der Waals surface area contributed by atoms with Crippen LogP contribution in [0.4, 0.5) is 10.1 Å². The number of ketones is 1. The van der Waals surface area contributed by atoms with Crippen LogP contribution < -0.4 is 4.90 Å². The van der Waals surface area contributed by atoms with Crippen molar-refractivity contribution in [2.45, 2.75) is 44.9 Å². The smallest absolute Gasteiger partial charge is 0.310 e. The van der Waals surface area contributed by atoms with Gasteiger partial charge in [0.15, 0.2) is 0 Å². The molecule has 2 unspecified atom stereocenters. The maximum Gasteiger partial charge on any atom is 0.310 e. The summed E-state index contributed by atoms with van der Waals surface area (Å²) in [6.07, 6.45) is 1.47. The van der Waals surface area contributed by atoms with Crippen LogP contribution in [0.1, 0.15) is 37.8 Å². The van der Waals surface area contributed by atoms with Crippen LogP contribution in [0.15, 0.2) is 66.3 Å². The fourth-order valence-electron chi connectivity index (χ4n) is 4.67. The quantitative estimate of drug-likeness (QED) is 0.480. The molecule has 6 heteroatoms. The normalized spacial score (nSPS) is 20.3. The number of para-hydroxylation sites is 1. The number of carbonyl (C=O) groups excluding carboxylic acids is 1. The van der Waals surface area contributed by atoms with Crippen LogP contribution in [-0.4, -0.2) is 40.2 Å². The van der Waals surface area contributed by atoms with Crippen molar-refractivity contribution in [2.75, 3.05) is 4.90 Å². The minimum atomic E-state index is -1.20. The van der Waals surface area contributed by atoms with Crippen molar-refractivity contribution < 1.29 is 24.2 Å². The third-order valence-corrected chi connectivity index (χ3v) is 6.01. The zero-order valence-electron chi connectivity index (χ0n) is 18.0. The summed E-state index contributed by atoms with van der Waals surface area (Å²) in [6.45, 7) is 4.34. The lowest BCUT2D eigenvalue weighted by molar-refractivity contribution is -0.140. The monoisotopic (exact) mass is 435 g/mol. The van der Waals surface area contributed by atoms with Crippen molar-refractivity contribution in [3.05, 3.63) is 83.2 Å². The number of fused-ring (bicyclic) bond motifs is 3.